The Kier molecular flexibility index (Phi) is 6.69. The summed E-state index contributed by atoms with van der Waals surface area (Å²) < 4.78 is 22.5. The van der Waals surface area contributed by atoms with Crippen LogP contribution in [0.2, 0.25) is 0 Å². The van der Waals surface area contributed by atoms with E-state index in [4.69, 9.17) is 24.8 Å². The van der Waals surface area contributed by atoms with E-state index in [1.165, 1.54) is 4.68 Å². The first-order chi connectivity index (χ1) is 16.0. The van der Waals surface area contributed by atoms with Crippen molar-refractivity contribution in [3.63, 3.8) is 0 Å². The number of nitrogens with zero attached hydrogens (tertiary/aromatic N) is 3. The number of benzene rings is 2. The van der Waals surface area contributed by atoms with Crippen molar-refractivity contribution in [2.75, 3.05) is 30.8 Å². The van der Waals surface area contributed by atoms with Crippen molar-refractivity contribution in [3.8, 4) is 23.0 Å². The maximum atomic E-state index is 12.1. The van der Waals surface area contributed by atoms with Crippen LogP contribution in [0.15, 0.2) is 47.6 Å². The molecule has 0 atom stereocenters. The molecule has 0 spiro atoms. The van der Waals surface area contributed by atoms with Crippen molar-refractivity contribution < 1.29 is 28.5 Å². The van der Waals surface area contributed by atoms with Crippen LogP contribution in [0.4, 0.5) is 10.5 Å². The number of carbonyl (C=O) groups is 2. The van der Waals surface area contributed by atoms with Gasteiger partial charge in [-0.3, -0.25) is 10.1 Å². The zero-order chi connectivity index (χ0) is 23.2. The molecule has 0 saturated heterocycles. The number of hydrogen-bond donors (Lipinski definition) is 3. The fourth-order valence-corrected chi connectivity index (χ4v) is 3.45. The molecule has 172 valence electrons. The summed E-state index contributed by atoms with van der Waals surface area (Å²) in [5.74, 6) is 8.07. The van der Waals surface area contributed by atoms with Gasteiger partial charge in [0.15, 0.2) is 17.3 Å². The molecule has 0 unspecified atom stereocenters. The van der Waals surface area contributed by atoms with E-state index >= 15 is 0 Å². The van der Waals surface area contributed by atoms with Gasteiger partial charge in [0.2, 0.25) is 17.9 Å². The number of imide groups is 1. The van der Waals surface area contributed by atoms with E-state index in [1.54, 1.807) is 49.6 Å². The summed E-state index contributed by atoms with van der Waals surface area (Å²) in [4.78, 5) is 24.2. The lowest BCUT2D eigenvalue weighted by molar-refractivity contribution is -0.117. The highest BCUT2D eigenvalue weighted by Gasteiger charge is 2.16. The SMILES string of the molecule is COc1cccc(OCc2nnc(SCC(=O)NC(=O)Nc3ccc4c(c3)OCO4)n2N)c1. The molecule has 0 saturated carbocycles. The van der Waals surface area contributed by atoms with Gasteiger partial charge < -0.3 is 30.1 Å². The molecule has 1 aliphatic heterocycles. The van der Waals surface area contributed by atoms with Gasteiger partial charge in [-0.15, -0.1) is 10.2 Å². The third-order valence-electron chi connectivity index (χ3n) is 4.36. The molecule has 1 aromatic heterocycles. The fraction of sp³-hybridized carbons (Fsp3) is 0.200. The van der Waals surface area contributed by atoms with E-state index in [9.17, 15) is 9.59 Å². The normalized spacial score (nSPS) is 11.7. The molecule has 13 heteroatoms. The Hall–Kier alpha value is -4.13. The molecule has 0 fully saturated rings. The Labute approximate surface area is 192 Å². The van der Waals surface area contributed by atoms with Crippen LogP contribution in [-0.4, -0.2) is 46.5 Å². The number of amides is 3. The number of hydrogen-bond acceptors (Lipinski definition) is 10. The summed E-state index contributed by atoms with van der Waals surface area (Å²) in [6.45, 7) is 0.197. The smallest absolute Gasteiger partial charge is 0.325 e. The van der Waals surface area contributed by atoms with Crippen molar-refractivity contribution >= 4 is 29.4 Å². The van der Waals surface area contributed by atoms with E-state index in [2.05, 4.69) is 20.8 Å². The average molecular weight is 472 g/mol. The highest BCUT2D eigenvalue weighted by Crippen LogP contribution is 2.34. The predicted octanol–water partition coefficient (Wildman–Crippen LogP) is 1.75. The number of nitrogen functional groups attached to an aromatic ring is 1. The van der Waals surface area contributed by atoms with Gasteiger partial charge in [0.25, 0.3) is 0 Å². The van der Waals surface area contributed by atoms with Crippen molar-refractivity contribution in [1.82, 2.24) is 20.2 Å². The minimum absolute atomic E-state index is 0.0708. The Morgan fingerprint density at radius 2 is 1.97 bits per heavy atom. The van der Waals surface area contributed by atoms with Gasteiger partial charge in [0.1, 0.15) is 18.1 Å². The maximum absolute atomic E-state index is 12.1. The van der Waals surface area contributed by atoms with E-state index < -0.39 is 11.9 Å². The van der Waals surface area contributed by atoms with E-state index in [1.807, 2.05) is 0 Å². The number of urea groups is 1. The molecule has 1 aliphatic rings. The van der Waals surface area contributed by atoms with Crippen LogP contribution in [0.5, 0.6) is 23.0 Å². The molecule has 4 N–H and O–H groups in total. The molecule has 33 heavy (non-hydrogen) atoms. The molecule has 0 aliphatic carbocycles. The summed E-state index contributed by atoms with van der Waals surface area (Å²) in [5.41, 5.74) is 0.458. The van der Waals surface area contributed by atoms with Gasteiger partial charge >= 0.3 is 6.03 Å². The lowest BCUT2D eigenvalue weighted by atomic mass is 10.3. The first-order valence-corrected chi connectivity index (χ1v) is 10.6. The largest absolute Gasteiger partial charge is 0.497 e. The molecular weight excluding hydrogens is 452 g/mol. The van der Waals surface area contributed by atoms with Crippen LogP contribution in [0.3, 0.4) is 0 Å². The Morgan fingerprint density at radius 3 is 2.82 bits per heavy atom. The Morgan fingerprint density at radius 1 is 1.15 bits per heavy atom. The lowest BCUT2D eigenvalue weighted by Gasteiger charge is -2.08. The number of thioether (sulfide) groups is 1. The van der Waals surface area contributed by atoms with Gasteiger partial charge in [0, 0.05) is 17.8 Å². The Bertz CT molecular complexity index is 1170. The first kappa shape index (κ1) is 22.1. The average Bonchev–Trinajstić information content (AvgIpc) is 3.42. The highest BCUT2D eigenvalue weighted by atomic mass is 32.2. The number of anilines is 1. The second-order valence-corrected chi connectivity index (χ2v) is 7.54. The number of carbonyl (C=O) groups excluding carboxylic acids is 2. The summed E-state index contributed by atoms with van der Waals surface area (Å²) in [5, 5.41) is 13.0. The molecule has 12 nitrogen and oxygen atoms in total. The van der Waals surface area contributed by atoms with Crippen LogP contribution in [0.1, 0.15) is 5.82 Å². The van der Waals surface area contributed by atoms with Crippen molar-refractivity contribution in [2.45, 2.75) is 11.8 Å². The van der Waals surface area contributed by atoms with Crippen LogP contribution < -0.4 is 35.4 Å². The van der Waals surface area contributed by atoms with Gasteiger partial charge in [-0.2, -0.15) is 0 Å². The predicted molar refractivity (Wildman–Crippen MR) is 118 cm³/mol. The second kappa shape index (κ2) is 9.99. The number of rotatable bonds is 8. The fourth-order valence-electron chi connectivity index (χ4n) is 2.77. The topological polar surface area (TPSA) is 152 Å². The number of methoxy groups -OCH3 is 1. The Balaban J connectivity index is 1.24. The summed E-state index contributed by atoms with van der Waals surface area (Å²) in [6.07, 6.45) is 0. The van der Waals surface area contributed by atoms with Gasteiger partial charge in [-0.05, 0) is 24.3 Å². The summed E-state index contributed by atoms with van der Waals surface area (Å²) in [7, 11) is 1.57. The van der Waals surface area contributed by atoms with Gasteiger partial charge in [-0.25, -0.2) is 9.47 Å². The minimum Gasteiger partial charge on any atom is -0.497 e. The summed E-state index contributed by atoms with van der Waals surface area (Å²) in [6, 6.07) is 11.3. The van der Waals surface area contributed by atoms with Crippen LogP contribution >= 0.6 is 11.8 Å². The van der Waals surface area contributed by atoms with Crippen LogP contribution in [0.25, 0.3) is 0 Å². The lowest BCUT2D eigenvalue weighted by Crippen LogP contribution is -2.35. The number of nitrogens with two attached hydrogens (primary N) is 1. The zero-order valence-electron chi connectivity index (χ0n) is 17.4. The third kappa shape index (κ3) is 5.57. The van der Waals surface area contributed by atoms with Crippen LogP contribution in [-0.2, 0) is 11.4 Å². The van der Waals surface area contributed by atoms with Crippen molar-refractivity contribution in [1.29, 1.82) is 0 Å². The van der Waals surface area contributed by atoms with Gasteiger partial charge in [0.05, 0.1) is 12.9 Å². The first-order valence-electron chi connectivity index (χ1n) is 9.61. The standard InChI is InChI=1S/C20H20N6O6S/c1-29-13-3-2-4-14(8-13)30-9-17-24-25-20(26(17)21)33-10-18(27)23-19(28)22-12-5-6-15-16(7-12)32-11-31-15/h2-8H,9-11,21H2,1H3,(H2,22,23,27,28). The monoisotopic (exact) mass is 472 g/mol. The van der Waals surface area contributed by atoms with E-state index in [-0.39, 0.29) is 19.2 Å². The number of ether oxygens (including phenoxy) is 4. The zero-order valence-corrected chi connectivity index (χ0v) is 18.3. The molecule has 4 rings (SSSR count). The van der Waals surface area contributed by atoms with Gasteiger partial charge in [-0.1, -0.05) is 17.8 Å². The van der Waals surface area contributed by atoms with E-state index in [0.717, 1.165) is 11.8 Å². The molecule has 2 aromatic carbocycles. The third-order valence-corrected chi connectivity index (χ3v) is 5.30. The highest BCUT2D eigenvalue weighted by molar-refractivity contribution is 7.99. The molecule has 0 bridgehead atoms. The summed E-state index contributed by atoms with van der Waals surface area (Å²) >= 11 is 1.03. The molecule has 2 heterocycles. The molecule has 0 radical (unpaired) electrons. The molecule has 3 amide bonds. The molecule has 3 aromatic rings. The molecular formula is C20H20N6O6S. The van der Waals surface area contributed by atoms with Crippen LogP contribution in [0, 0.1) is 0 Å². The van der Waals surface area contributed by atoms with E-state index in [0.29, 0.717) is 39.7 Å². The van der Waals surface area contributed by atoms with Crippen molar-refractivity contribution in [2.24, 2.45) is 0 Å². The minimum atomic E-state index is -0.680. The number of aromatic nitrogens is 3. The quantitative estimate of drug-likeness (QED) is 0.326. The number of fused-ring (bicyclic) bond motifs is 1. The second-order valence-electron chi connectivity index (χ2n) is 6.60. The van der Waals surface area contributed by atoms with Crippen molar-refractivity contribution in [3.05, 3.63) is 48.3 Å². The number of nitrogens with one attached hydrogen (secondary N) is 2. The maximum Gasteiger partial charge on any atom is 0.325 e.